The third-order valence-electron chi connectivity index (χ3n) is 4.64. The summed E-state index contributed by atoms with van der Waals surface area (Å²) in [6, 6.07) is 1.58. The van der Waals surface area contributed by atoms with Crippen LogP contribution in [0.3, 0.4) is 0 Å². The van der Waals surface area contributed by atoms with E-state index in [1.165, 1.54) is 19.0 Å². The predicted octanol–water partition coefficient (Wildman–Crippen LogP) is 2.83. The Bertz CT molecular complexity index is 445. The molecule has 1 aromatic heterocycles. The van der Waals surface area contributed by atoms with Crippen molar-refractivity contribution in [2.45, 2.75) is 39.5 Å². The molecule has 0 aliphatic carbocycles. The summed E-state index contributed by atoms with van der Waals surface area (Å²) in [5, 5.41) is 9.70. The van der Waals surface area contributed by atoms with Gasteiger partial charge >= 0.3 is 0 Å². The highest BCUT2D eigenvalue weighted by atomic mass is 16.3. The van der Waals surface area contributed by atoms with Crippen LogP contribution in [-0.2, 0) is 0 Å². The highest BCUT2D eigenvalue weighted by Crippen LogP contribution is 2.38. The lowest BCUT2D eigenvalue weighted by Crippen LogP contribution is -2.42. The highest BCUT2D eigenvalue weighted by Gasteiger charge is 2.33. The second-order valence-corrected chi connectivity index (χ2v) is 5.39. The van der Waals surface area contributed by atoms with Crippen molar-refractivity contribution < 1.29 is 9.90 Å². The Morgan fingerprint density at radius 2 is 2.00 bits per heavy atom. The molecule has 1 fully saturated rings. The molecule has 1 aromatic rings. The van der Waals surface area contributed by atoms with E-state index in [9.17, 15) is 9.90 Å². The Labute approximate surface area is 114 Å². The predicted molar refractivity (Wildman–Crippen MR) is 74.1 cm³/mol. The average Bonchev–Trinajstić information content (AvgIpc) is 2.47. The Morgan fingerprint density at radius 1 is 1.37 bits per heavy atom. The molecule has 2 heterocycles. The minimum Gasteiger partial charge on any atom is -0.505 e. The van der Waals surface area contributed by atoms with Gasteiger partial charge in [-0.05, 0) is 24.3 Å². The van der Waals surface area contributed by atoms with Crippen LogP contribution in [0.25, 0.3) is 0 Å². The third kappa shape index (κ3) is 2.72. The topological polar surface area (TPSA) is 53.4 Å². The van der Waals surface area contributed by atoms with Crippen molar-refractivity contribution in [2.24, 2.45) is 5.41 Å². The lowest BCUT2D eigenvalue weighted by atomic mass is 9.74. The van der Waals surface area contributed by atoms with Crippen LogP contribution in [0.2, 0.25) is 0 Å². The number of hydrogen-bond acceptors (Lipinski definition) is 3. The number of aromatic nitrogens is 1. The molecule has 1 saturated heterocycles. The molecule has 1 amide bonds. The number of aromatic hydroxyl groups is 1. The highest BCUT2D eigenvalue weighted by molar-refractivity contribution is 5.96. The van der Waals surface area contributed by atoms with Gasteiger partial charge in [0, 0.05) is 19.3 Å². The number of amides is 1. The van der Waals surface area contributed by atoms with Crippen molar-refractivity contribution in [3.63, 3.8) is 0 Å². The Hall–Kier alpha value is -1.58. The summed E-state index contributed by atoms with van der Waals surface area (Å²) in [5.74, 6) is -0.115. The number of likely N-dealkylation sites (tertiary alicyclic amines) is 1. The number of carbonyl (C=O) groups is 1. The van der Waals surface area contributed by atoms with Gasteiger partial charge < -0.3 is 10.0 Å². The molecule has 0 bridgehead atoms. The molecule has 2 rings (SSSR count). The van der Waals surface area contributed by atoms with E-state index in [4.69, 9.17) is 0 Å². The van der Waals surface area contributed by atoms with Crippen molar-refractivity contribution in [1.82, 2.24) is 9.88 Å². The van der Waals surface area contributed by atoms with E-state index < -0.39 is 0 Å². The van der Waals surface area contributed by atoms with Crippen LogP contribution in [-0.4, -0.2) is 34.0 Å². The van der Waals surface area contributed by atoms with Crippen molar-refractivity contribution in [1.29, 1.82) is 0 Å². The van der Waals surface area contributed by atoms with E-state index in [1.807, 2.05) is 4.90 Å². The number of nitrogens with zero attached hydrogens (tertiary/aromatic N) is 2. The molecule has 0 aromatic carbocycles. The molecule has 1 aliphatic rings. The van der Waals surface area contributed by atoms with Gasteiger partial charge in [-0.15, -0.1) is 0 Å². The smallest absolute Gasteiger partial charge is 0.257 e. The fourth-order valence-electron chi connectivity index (χ4n) is 2.88. The lowest BCUT2D eigenvalue weighted by molar-refractivity contribution is 0.0555. The molecule has 0 radical (unpaired) electrons. The van der Waals surface area contributed by atoms with Crippen molar-refractivity contribution in [3.05, 3.63) is 24.0 Å². The van der Waals surface area contributed by atoms with Crippen LogP contribution in [0.1, 0.15) is 49.9 Å². The summed E-state index contributed by atoms with van der Waals surface area (Å²) < 4.78 is 0. The quantitative estimate of drug-likeness (QED) is 0.911. The van der Waals surface area contributed by atoms with Crippen LogP contribution < -0.4 is 0 Å². The third-order valence-corrected chi connectivity index (χ3v) is 4.64. The van der Waals surface area contributed by atoms with E-state index in [-0.39, 0.29) is 11.7 Å². The zero-order valence-corrected chi connectivity index (χ0v) is 11.7. The summed E-state index contributed by atoms with van der Waals surface area (Å²) in [6.07, 6.45) is 7.31. The molecule has 0 atom stereocenters. The van der Waals surface area contributed by atoms with Crippen LogP contribution in [0.15, 0.2) is 18.5 Å². The fraction of sp³-hybridized carbons (Fsp3) is 0.600. The van der Waals surface area contributed by atoms with Gasteiger partial charge in [0.15, 0.2) is 0 Å². The van der Waals surface area contributed by atoms with Crippen molar-refractivity contribution in [3.8, 4) is 5.75 Å². The maximum absolute atomic E-state index is 12.3. The number of carbonyl (C=O) groups excluding carboxylic acids is 1. The van der Waals surface area contributed by atoms with E-state index in [2.05, 4.69) is 18.8 Å². The van der Waals surface area contributed by atoms with Gasteiger partial charge in [0.1, 0.15) is 5.75 Å². The molecule has 0 spiro atoms. The molecule has 4 nitrogen and oxygen atoms in total. The van der Waals surface area contributed by atoms with Crippen molar-refractivity contribution in [2.75, 3.05) is 13.1 Å². The van der Waals surface area contributed by atoms with Gasteiger partial charge in [0.2, 0.25) is 0 Å². The van der Waals surface area contributed by atoms with Crippen LogP contribution in [0, 0.1) is 5.41 Å². The van der Waals surface area contributed by atoms with Gasteiger partial charge in [0.25, 0.3) is 5.91 Å². The fourth-order valence-corrected chi connectivity index (χ4v) is 2.88. The summed E-state index contributed by atoms with van der Waals surface area (Å²) >= 11 is 0. The zero-order chi connectivity index (χ0) is 13.9. The maximum Gasteiger partial charge on any atom is 0.257 e. The molecule has 0 saturated carbocycles. The Kier molecular flexibility index (Phi) is 4.08. The Morgan fingerprint density at radius 3 is 2.53 bits per heavy atom. The lowest BCUT2D eigenvalue weighted by Gasteiger charge is -2.41. The first-order valence-corrected chi connectivity index (χ1v) is 7.04. The molecule has 1 aliphatic heterocycles. The number of hydrogen-bond donors (Lipinski definition) is 1. The number of rotatable bonds is 3. The van der Waals surface area contributed by atoms with Gasteiger partial charge in [-0.25, -0.2) is 0 Å². The molecular weight excluding hydrogens is 240 g/mol. The second-order valence-electron chi connectivity index (χ2n) is 5.39. The largest absolute Gasteiger partial charge is 0.505 e. The van der Waals surface area contributed by atoms with E-state index >= 15 is 0 Å². The minimum absolute atomic E-state index is 0.0321. The molecule has 104 valence electrons. The van der Waals surface area contributed by atoms with E-state index in [0.717, 1.165) is 25.9 Å². The Balaban J connectivity index is 2.06. The standard InChI is InChI=1S/C15H22N2O2/c1-3-15(4-2)6-9-17(10-7-15)14(19)12-5-8-16-11-13(12)18/h5,8,11,18H,3-4,6-7,9-10H2,1-2H3. The average molecular weight is 262 g/mol. The van der Waals surface area contributed by atoms with Crippen LogP contribution in [0.4, 0.5) is 0 Å². The first-order valence-electron chi connectivity index (χ1n) is 7.04. The van der Waals surface area contributed by atoms with E-state index in [1.54, 1.807) is 12.3 Å². The molecule has 1 N–H and O–H groups in total. The monoisotopic (exact) mass is 262 g/mol. The second kappa shape index (κ2) is 5.59. The van der Waals surface area contributed by atoms with Gasteiger partial charge in [-0.1, -0.05) is 26.7 Å². The molecule has 4 heteroatoms. The van der Waals surface area contributed by atoms with Crippen LogP contribution >= 0.6 is 0 Å². The molecule has 0 unspecified atom stereocenters. The maximum atomic E-state index is 12.3. The number of pyridine rings is 1. The van der Waals surface area contributed by atoms with Gasteiger partial charge in [0.05, 0.1) is 11.8 Å². The summed E-state index contributed by atoms with van der Waals surface area (Å²) in [5.41, 5.74) is 0.757. The van der Waals surface area contributed by atoms with Crippen molar-refractivity contribution >= 4 is 5.91 Å². The number of piperidine rings is 1. The first kappa shape index (κ1) is 13.8. The van der Waals surface area contributed by atoms with Gasteiger partial charge in [-0.3, -0.25) is 9.78 Å². The SMILES string of the molecule is CCC1(CC)CCN(C(=O)c2ccncc2O)CC1. The first-order chi connectivity index (χ1) is 9.12. The summed E-state index contributed by atoms with van der Waals surface area (Å²) in [6.45, 7) is 6.02. The van der Waals surface area contributed by atoms with Crippen LogP contribution in [0.5, 0.6) is 5.75 Å². The molecule has 19 heavy (non-hydrogen) atoms. The normalized spacial score (nSPS) is 18.3. The zero-order valence-electron chi connectivity index (χ0n) is 11.7. The molecular formula is C15H22N2O2. The summed E-state index contributed by atoms with van der Waals surface area (Å²) in [4.78, 5) is 18.0. The van der Waals surface area contributed by atoms with E-state index in [0.29, 0.717) is 11.0 Å². The minimum atomic E-state index is -0.0827. The van der Waals surface area contributed by atoms with Gasteiger partial charge in [-0.2, -0.15) is 0 Å². The summed E-state index contributed by atoms with van der Waals surface area (Å²) in [7, 11) is 0.